The Morgan fingerprint density at radius 3 is 1.47 bits per heavy atom. The lowest BCUT2D eigenvalue weighted by molar-refractivity contribution is -0.870. The largest absolute Gasteiger partial charge is 0.756 e. The third-order valence-electron chi connectivity index (χ3n) is 9.75. The molecule has 1 amide bonds. The Morgan fingerprint density at radius 1 is 0.667 bits per heavy atom. The van der Waals surface area contributed by atoms with Crippen LogP contribution in [-0.4, -0.2) is 68.5 Å². The van der Waals surface area contributed by atoms with Gasteiger partial charge in [-0.25, -0.2) is 0 Å². The first-order valence-electron chi connectivity index (χ1n) is 21.6. The Morgan fingerprint density at radius 2 is 1.06 bits per heavy atom. The highest BCUT2D eigenvalue weighted by Gasteiger charge is 2.23. The van der Waals surface area contributed by atoms with E-state index in [1.54, 1.807) is 6.08 Å². The fraction of sp³-hybridized carbons (Fsp3) is 0.929. The summed E-state index contributed by atoms with van der Waals surface area (Å²) in [6.45, 7) is 4.59. The molecule has 0 radical (unpaired) electrons. The van der Waals surface area contributed by atoms with Gasteiger partial charge in [0.05, 0.1) is 39.9 Å². The molecule has 0 saturated heterocycles. The highest BCUT2D eigenvalue weighted by atomic mass is 31.2. The lowest BCUT2D eigenvalue weighted by Crippen LogP contribution is -2.45. The van der Waals surface area contributed by atoms with Crippen molar-refractivity contribution in [2.75, 3.05) is 40.9 Å². The van der Waals surface area contributed by atoms with Crippen LogP contribution in [0.3, 0.4) is 0 Å². The van der Waals surface area contributed by atoms with Gasteiger partial charge in [-0.05, 0) is 19.3 Å². The maximum Gasteiger partial charge on any atom is 0.268 e. The first-order valence-corrected chi connectivity index (χ1v) is 23.0. The number of nitrogens with one attached hydrogen (secondary N) is 1. The summed E-state index contributed by atoms with van der Waals surface area (Å²) in [6, 6.07) is -0.877. The second-order valence-corrected chi connectivity index (χ2v) is 17.5. The van der Waals surface area contributed by atoms with E-state index in [4.69, 9.17) is 9.05 Å². The molecule has 0 heterocycles. The Bertz CT molecular complexity index is 850. The van der Waals surface area contributed by atoms with Crippen LogP contribution in [0, 0.1) is 0 Å². The molecule has 0 aliphatic carbocycles. The molecule has 0 aromatic rings. The molecule has 3 atom stereocenters. The van der Waals surface area contributed by atoms with Gasteiger partial charge in [0.15, 0.2) is 0 Å². The molecule has 3 unspecified atom stereocenters. The number of hydrogen-bond donors (Lipinski definition) is 2. The van der Waals surface area contributed by atoms with Gasteiger partial charge in [0.2, 0.25) is 5.91 Å². The Hall–Kier alpha value is -0.760. The minimum Gasteiger partial charge on any atom is -0.756 e. The van der Waals surface area contributed by atoms with Crippen LogP contribution in [-0.2, 0) is 18.4 Å². The van der Waals surface area contributed by atoms with Crippen molar-refractivity contribution in [1.82, 2.24) is 5.32 Å². The molecular weight excluding hydrogens is 659 g/mol. The summed E-state index contributed by atoms with van der Waals surface area (Å²) in [4.78, 5) is 25.1. The van der Waals surface area contributed by atoms with Gasteiger partial charge >= 0.3 is 0 Å². The number of carbonyl (C=O) groups excluding carboxylic acids is 1. The van der Waals surface area contributed by atoms with Crippen molar-refractivity contribution >= 4 is 13.7 Å². The molecule has 0 fully saturated rings. The number of carbonyl (C=O) groups is 1. The molecule has 51 heavy (non-hydrogen) atoms. The maximum atomic E-state index is 12.8. The Kier molecular flexibility index (Phi) is 34.5. The summed E-state index contributed by atoms with van der Waals surface area (Å²) < 4.78 is 23.0. The highest BCUT2D eigenvalue weighted by Crippen LogP contribution is 2.38. The minimum atomic E-state index is -4.57. The number of likely N-dealkylation sites (N-methyl/N-ethyl adjacent to an activating group) is 1. The Balaban J connectivity index is 4.12. The summed E-state index contributed by atoms with van der Waals surface area (Å²) in [5, 5.41) is 13.6. The molecule has 8 nitrogen and oxygen atoms in total. The van der Waals surface area contributed by atoms with Gasteiger partial charge in [-0.15, -0.1) is 0 Å². The van der Waals surface area contributed by atoms with E-state index in [1.165, 1.54) is 141 Å². The molecule has 0 spiro atoms. The summed E-state index contributed by atoms with van der Waals surface area (Å²) in [5.74, 6) is -0.199. The topological polar surface area (TPSA) is 108 Å². The van der Waals surface area contributed by atoms with Gasteiger partial charge in [-0.3, -0.25) is 9.36 Å². The highest BCUT2D eigenvalue weighted by molar-refractivity contribution is 7.45. The van der Waals surface area contributed by atoms with E-state index in [2.05, 4.69) is 19.2 Å². The average molecular weight is 745 g/mol. The van der Waals surface area contributed by atoms with E-state index >= 15 is 0 Å². The zero-order chi connectivity index (χ0) is 37.9. The molecule has 0 rings (SSSR count). The van der Waals surface area contributed by atoms with Gasteiger partial charge < -0.3 is 28.8 Å². The smallest absolute Gasteiger partial charge is 0.268 e. The zero-order valence-electron chi connectivity index (χ0n) is 34.3. The molecule has 0 bridgehead atoms. The number of hydrogen-bond acceptors (Lipinski definition) is 6. The van der Waals surface area contributed by atoms with Gasteiger partial charge in [0, 0.05) is 6.42 Å². The fourth-order valence-corrected chi connectivity index (χ4v) is 6.99. The van der Waals surface area contributed by atoms with Gasteiger partial charge in [-0.2, -0.15) is 0 Å². The maximum absolute atomic E-state index is 12.8. The lowest BCUT2D eigenvalue weighted by Gasteiger charge is -2.29. The van der Waals surface area contributed by atoms with Crippen molar-refractivity contribution in [3.05, 3.63) is 12.2 Å². The number of aliphatic hydroxyl groups is 1. The third-order valence-corrected chi connectivity index (χ3v) is 10.7. The normalized spacial score (nSPS) is 14.6. The zero-order valence-corrected chi connectivity index (χ0v) is 35.2. The predicted molar refractivity (Wildman–Crippen MR) is 215 cm³/mol. The monoisotopic (exact) mass is 745 g/mol. The van der Waals surface area contributed by atoms with E-state index in [1.807, 2.05) is 27.2 Å². The van der Waals surface area contributed by atoms with Gasteiger partial charge in [-0.1, -0.05) is 187 Å². The molecule has 0 aromatic carbocycles. The average Bonchev–Trinajstić information content (AvgIpc) is 3.07. The number of phosphoric acid groups is 1. The second-order valence-electron chi connectivity index (χ2n) is 16.1. The SMILES string of the molecule is CCCCCCC/C=C/C(O)C(COP(=O)([O-])OCC[N+](C)(C)C)NC(=O)CCCCCCCCCCCCCCCCCCCCCCCC. The van der Waals surface area contributed by atoms with Crippen molar-refractivity contribution in [2.24, 2.45) is 0 Å². The molecule has 0 aliphatic heterocycles. The van der Waals surface area contributed by atoms with Crippen LogP contribution >= 0.6 is 7.82 Å². The fourth-order valence-electron chi connectivity index (χ4n) is 6.27. The number of aliphatic hydroxyl groups excluding tert-OH is 1. The predicted octanol–water partition coefficient (Wildman–Crippen LogP) is 10.9. The second kappa shape index (κ2) is 35.0. The lowest BCUT2D eigenvalue weighted by atomic mass is 10.0. The number of amides is 1. The standard InChI is InChI=1S/C42H85N2O6P/c1-6-8-10-12-14-15-16-17-18-19-20-21-22-23-24-25-26-27-28-30-32-34-36-42(46)43-40(41(45)35-33-31-29-13-11-9-7-2)39-50-51(47,48)49-38-37-44(3,4)5/h33,35,40-41,45H,6-32,34,36-39H2,1-5H3,(H-,43,46,47,48)/b35-33+. The molecule has 0 saturated carbocycles. The van der Waals surface area contributed by atoms with Crippen LogP contribution in [0.2, 0.25) is 0 Å². The summed E-state index contributed by atoms with van der Waals surface area (Å²) in [7, 11) is 1.27. The van der Waals surface area contributed by atoms with Crippen molar-refractivity contribution in [3.8, 4) is 0 Å². The van der Waals surface area contributed by atoms with Crippen LogP contribution in [0.1, 0.15) is 200 Å². The summed E-state index contributed by atoms with van der Waals surface area (Å²) in [6.07, 6.45) is 38.6. The van der Waals surface area contributed by atoms with E-state index < -0.39 is 20.0 Å². The van der Waals surface area contributed by atoms with Gasteiger partial charge in [0.25, 0.3) is 7.82 Å². The van der Waals surface area contributed by atoms with E-state index in [0.29, 0.717) is 17.4 Å². The van der Waals surface area contributed by atoms with E-state index in [0.717, 1.165) is 38.5 Å². The first-order chi connectivity index (χ1) is 24.5. The van der Waals surface area contributed by atoms with Crippen LogP contribution < -0.4 is 10.2 Å². The van der Waals surface area contributed by atoms with Crippen molar-refractivity contribution in [2.45, 2.75) is 212 Å². The van der Waals surface area contributed by atoms with Crippen molar-refractivity contribution in [3.63, 3.8) is 0 Å². The van der Waals surface area contributed by atoms with Crippen LogP contribution in [0.25, 0.3) is 0 Å². The van der Waals surface area contributed by atoms with Crippen LogP contribution in [0.15, 0.2) is 12.2 Å². The number of unbranched alkanes of at least 4 members (excludes halogenated alkanes) is 26. The first kappa shape index (κ1) is 50.2. The molecule has 2 N–H and O–H groups in total. The molecular formula is C42H85N2O6P. The molecule has 9 heteroatoms. The quantitative estimate of drug-likeness (QED) is 0.0281. The summed E-state index contributed by atoms with van der Waals surface area (Å²) >= 11 is 0. The van der Waals surface area contributed by atoms with Crippen LogP contribution in [0.5, 0.6) is 0 Å². The van der Waals surface area contributed by atoms with E-state index in [9.17, 15) is 19.4 Å². The minimum absolute atomic E-state index is 0.00129. The molecule has 304 valence electrons. The summed E-state index contributed by atoms with van der Waals surface area (Å²) in [5.41, 5.74) is 0. The molecule has 0 aromatic heterocycles. The van der Waals surface area contributed by atoms with Crippen molar-refractivity contribution in [1.29, 1.82) is 0 Å². The number of allylic oxidation sites excluding steroid dienone is 1. The van der Waals surface area contributed by atoms with E-state index in [-0.39, 0.29) is 19.1 Å². The Labute approximate surface area is 316 Å². The third kappa shape index (κ3) is 37.4. The van der Waals surface area contributed by atoms with Crippen molar-refractivity contribution < 1.29 is 32.9 Å². The van der Waals surface area contributed by atoms with Gasteiger partial charge in [0.1, 0.15) is 13.2 Å². The number of nitrogens with zero attached hydrogens (tertiary/aromatic N) is 1. The number of quaternary nitrogens is 1. The molecule has 0 aliphatic rings. The van der Waals surface area contributed by atoms with Crippen LogP contribution in [0.4, 0.5) is 0 Å². The number of rotatable bonds is 39. The number of phosphoric ester groups is 1.